The zero-order chi connectivity index (χ0) is 30.0. The number of aliphatic hydroxyl groups is 5. The lowest BCUT2D eigenvalue weighted by Gasteiger charge is -2.42. The molecule has 0 saturated carbocycles. The summed E-state index contributed by atoms with van der Waals surface area (Å²) in [5.41, 5.74) is -1.74. The number of ether oxygens (including phenoxy) is 2. The van der Waals surface area contributed by atoms with Crippen molar-refractivity contribution in [1.29, 1.82) is 0 Å². The fraction of sp³-hybridized carbons (Fsp3) is 0.722. The summed E-state index contributed by atoms with van der Waals surface area (Å²) < 4.78 is 49.3. The summed E-state index contributed by atoms with van der Waals surface area (Å²) in [7, 11) is -10.9. The van der Waals surface area contributed by atoms with Crippen LogP contribution in [0, 0.1) is 0 Å². The topological polar surface area (TPSA) is 306 Å². The number of nitrogens with one attached hydrogen (secondary N) is 2. The summed E-state index contributed by atoms with van der Waals surface area (Å²) >= 11 is 0. The highest BCUT2D eigenvalue weighted by Crippen LogP contribution is 2.60. The Balaban J connectivity index is 1.60. The molecule has 0 spiro atoms. The number of nitrogens with zero attached hydrogens (tertiary/aromatic N) is 1. The number of rotatable bonds is 11. The van der Waals surface area contributed by atoms with Gasteiger partial charge in [0.2, 0.25) is 5.91 Å². The maximum atomic E-state index is 12.3. The summed E-state index contributed by atoms with van der Waals surface area (Å²) in [6.07, 6.45) is -11.8. The highest BCUT2D eigenvalue weighted by atomic mass is 31.3. The van der Waals surface area contributed by atoms with Crippen LogP contribution in [0.25, 0.3) is 0 Å². The van der Waals surface area contributed by atoms with E-state index in [1.807, 2.05) is 4.98 Å². The quantitative estimate of drug-likeness (QED) is 0.105. The Hall–Kier alpha value is -1.87. The van der Waals surface area contributed by atoms with E-state index in [-0.39, 0.29) is 0 Å². The van der Waals surface area contributed by atoms with E-state index < -0.39 is 108 Å². The highest BCUT2D eigenvalue weighted by molar-refractivity contribution is 7.61. The van der Waals surface area contributed by atoms with Gasteiger partial charge in [0, 0.05) is 19.2 Å². The lowest BCUT2D eigenvalue weighted by Crippen LogP contribution is -2.64. The van der Waals surface area contributed by atoms with Gasteiger partial charge in [0.25, 0.3) is 5.56 Å². The van der Waals surface area contributed by atoms with E-state index in [1.54, 1.807) is 0 Å². The van der Waals surface area contributed by atoms with Crippen molar-refractivity contribution in [2.75, 3.05) is 19.8 Å². The fourth-order valence-corrected chi connectivity index (χ4v) is 6.08. The predicted molar refractivity (Wildman–Crippen MR) is 125 cm³/mol. The van der Waals surface area contributed by atoms with Crippen LogP contribution in [-0.2, 0) is 36.8 Å². The van der Waals surface area contributed by atoms with E-state index in [1.165, 1.54) is 0 Å². The van der Waals surface area contributed by atoms with Gasteiger partial charge in [-0.25, -0.2) is 13.9 Å². The normalized spacial score (nSPS) is 35.5. The maximum Gasteiger partial charge on any atom is 0.481 e. The number of aromatic nitrogens is 2. The van der Waals surface area contributed by atoms with E-state index in [0.29, 0.717) is 0 Å². The molecule has 228 valence electrons. The fourth-order valence-electron chi connectivity index (χ4n) is 3.99. The Labute approximate surface area is 223 Å². The summed E-state index contributed by atoms with van der Waals surface area (Å²) in [6.45, 7) is -1.67. The van der Waals surface area contributed by atoms with Crippen molar-refractivity contribution in [3.8, 4) is 0 Å². The third-order valence-electron chi connectivity index (χ3n) is 5.87. The minimum Gasteiger partial charge on any atom is -0.394 e. The van der Waals surface area contributed by atoms with Gasteiger partial charge in [-0.05, 0) is 0 Å². The summed E-state index contributed by atoms with van der Waals surface area (Å²) in [5.74, 6) is -0.682. The molecule has 2 aliphatic heterocycles. The number of aromatic amines is 1. The smallest absolute Gasteiger partial charge is 0.394 e. The van der Waals surface area contributed by atoms with Gasteiger partial charge in [-0.1, -0.05) is 0 Å². The summed E-state index contributed by atoms with van der Waals surface area (Å²) in [5, 5.41) is 52.2. The lowest BCUT2D eigenvalue weighted by molar-refractivity contribution is -0.201. The van der Waals surface area contributed by atoms with Crippen LogP contribution in [-0.4, -0.2) is 119 Å². The minimum atomic E-state index is -5.43. The third kappa shape index (κ3) is 7.90. The second kappa shape index (κ2) is 13.0. The Morgan fingerprint density at radius 3 is 2.10 bits per heavy atom. The van der Waals surface area contributed by atoms with Crippen molar-refractivity contribution in [3.05, 3.63) is 33.1 Å². The number of carbonyl (C=O) groups excluding carboxylic acids is 1. The first kappa shape index (κ1) is 32.6. The van der Waals surface area contributed by atoms with Crippen LogP contribution < -0.4 is 16.6 Å². The van der Waals surface area contributed by atoms with Crippen molar-refractivity contribution in [2.24, 2.45) is 0 Å². The Kier molecular flexibility index (Phi) is 10.6. The molecule has 1 amide bonds. The van der Waals surface area contributed by atoms with Crippen LogP contribution in [0.5, 0.6) is 0 Å². The zero-order valence-electron chi connectivity index (χ0n) is 20.5. The number of hydrogen-bond donors (Lipinski definition) is 9. The molecule has 9 N–H and O–H groups in total. The monoisotopic (exact) mass is 621 g/mol. The van der Waals surface area contributed by atoms with Gasteiger partial charge in [-0.2, -0.15) is 4.31 Å². The largest absolute Gasteiger partial charge is 0.481 e. The van der Waals surface area contributed by atoms with Crippen LogP contribution in [0.4, 0.5) is 0 Å². The second-order valence-corrected chi connectivity index (χ2v) is 11.8. The van der Waals surface area contributed by atoms with Gasteiger partial charge in [0.15, 0.2) is 6.23 Å². The summed E-state index contributed by atoms with van der Waals surface area (Å²) in [6, 6.07) is -0.450. The van der Waals surface area contributed by atoms with Crippen molar-refractivity contribution >= 4 is 21.6 Å². The molecule has 1 aromatic heterocycles. The van der Waals surface area contributed by atoms with Crippen LogP contribution >= 0.6 is 15.6 Å². The molecule has 0 radical (unpaired) electrons. The van der Waals surface area contributed by atoms with Gasteiger partial charge >= 0.3 is 21.3 Å². The molecule has 40 heavy (non-hydrogen) atoms. The Bertz CT molecular complexity index is 1260. The molecule has 2 unspecified atom stereocenters. The molecule has 0 aromatic carbocycles. The van der Waals surface area contributed by atoms with Crippen molar-refractivity contribution in [2.45, 2.75) is 61.9 Å². The molecule has 2 saturated heterocycles. The van der Waals surface area contributed by atoms with Crippen LogP contribution in [0.1, 0.15) is 13.2 Å². The van der Waals surface area contributed by atoms with E-state index in [9.17, 15) is 58.8 Å². The average molecular weight is 621 g/mol. The molecule has 22 heteroatoms. The van der Waals surface area contributed by atoms with Crippen LogP contribution in [0.3, 0.4) is 0 Å². The molecular formula is C18H29N3O17P2. The van der Waals surface area contributed by atoms with Gasteiger partial charge in [-0.3, -0.25) is 28.2 Å². The van der Waals surface area contributed by atoms with Gasteiger partial charge < -0.3 is 50.1 Å². The molecular weight excluding hydrogens is 592 g/mol. The van der Waals surface area contributed by atoms with E-state index in [0.717, 1.165) is 23.8 Å². The number of aliphatic hydroxyl groups excluding tert-OH is 5. The highest BCUT2D eigenvalue weighted by Gasteiger charge is 2.48. The van der Waals surface area contributed by atoms with E-state index in [4.69, 9.17) is 9.47 Å². The lowest BCUT2D eigenvalue weighted by atomic mass is 9.93. The minimum absolute atomic E-state index is 0.682. The standard InChI is InChI=1S/C18H29N3O17P2/c1-7(23)19-12-9(36-8(4-22)13(25)15(12)27)5-34-39(30,31)38-40(32,33)35-6-10-14(26)16(28)17(37-10)21-3-2-11(24)20-18(21)29/h2-3,8-10,12-17,22,25-28H,4-6H2,1H3,(H,19,23)(H,30,31)(H,32,33)(H,20,24,29)/t8-,9-,10-,12+,13+,14-,15-,16-,17-/m1/s1. The molecule has 20 nitrogen and oxygen atoms in total. The SMILES string of the molecule is CC(=O)N[C@@H]1[C@@H](O)[C@@H](O)[C@@H](CO)O[C@@H]1COP(=O)(O)OP(=O)(O)OC[C@H]1O[C@@H](n2ccc(=O)[nH]c2=O)[C@H](O)[C@@H]1O. The first-order valence-electron chi connectivity index (χ1n) is 11.4. The number of amides is 1. The van der Waals surface area contributed by atoms with Gasteiger partial charge in [0.05, 0.1) is 25.9 Å². The maximum absolute atomic E-state index is 12.3. The van der Waals surface area contributed by atoms with Crippen molar-refractivity contribution in [1.82, 2.24) is 14.9 Å². The number of phosphoric ester groups is 2. The molecule has 11 atom stereocenters. The Morgan fingerprint density at radius 1 is 0.975 bits per heavy atom. The number of H-pyrrole nitrogens is 1. The number of phosphoric acid groups is 2. The van der Waals surface area contributed by atoms with Crippen molar-refractivity contribution in [3.63, 3.8) is 0 Å². The van der Waals surface area contributed by atoms with Crippen LogP contribution in [0.15, 0.2) is 21.9 Å². The van der Waals surface area contributed by atoms with E-state index in [2.05, 4.69) is 18.7 Å². The van der Waals surface area contributed by atoms with Gasteiger partial charge in [0.1, 0.15) is 42.7 Å². The number of hydrogen-bond acceptors (Lipinski definition) is 15. The molecule has 2 fully saturated rings. The first-order chi connectivity index (χ1) is 18.5. The Morgan fingerprint density at radius 2 is 1.55 bits per heavy atom. The van der Waals surface area contributed by atoms with Crippen molar-refractivity contribution < 1.29 is 72.1 Å². The molecule has 0 aliphatic carbocycles. The number of carbonyl (C=O) groups is 1. The third-order valence-corrected chi connectivity index (χ3v) is 8.47. The predicted octanol–water partition coefficient (Wildman–Crippen LogP) is -4.61. The second-order valence-electron chi connectivity index (χ2n) is 8.78. The summed E-state index contributed by atoms with van der Waals surface area (Å²) in [4.78, 5) is 56.4. The first-order valence-corrected chi connectivity index (χ1v) is 14.4. The zero-order valence-corrected chi connectivity index (χ0v) is 22.3. The molecule has 2 aliphatic rings. The van der Waals surface area contributed by atoms with Gasteiger partial charge in [-0.15, -0.1) is 0 Å². The van der Waals surface area contributed by atoms with E-state index >= 15 is 0 Å². The molecule has 0 bridgehead atoms. The average Bonchev–Trinajstić information content (AvgIpc) is 3.13. The van der Waals surface area contributed by atoms with Crippen LogP contribution in [0.2, 0.25) is 0 Å². The molecule has 3 heterocycles. The molecule has 3 rings (SSSR count). The molecule has 1 aromatic rings.